The number of aliphatic imine (C=N–C) groups is 1. The van der Waals surface area contributed by atoms with Crippen LogP contribution in [0.1, 0.15) is 38.7 Å². The van der Waals surface area contributed by atoms with E-state index in [4.69, 9.17) is 0 Å². The Kier molecular flexibility index (Phi) is 11.5. The molecule has 28 heavy (non-hydrogen) atoms. The fourth-order valence-corrected chi connectivity index (χ4v) is 3.02. The number of nitrogens with one attached hydrogen (secondary N) is 3. The summed E-state index contributed by atoms with van der Waals surface area (Å²) in [6.07, 6.45) is 3.43. The minimum atomic E-state index is -0.0648. The minimum absolute atomic E-state index is 0. The molecule has 1 aromatic carbocycles. The number of halogens is 1. The number of carbonyl (C=O) groups is 2. The van der Waals surface area contributed by atoms with Gasteiger partial charge in [0.1, 0.15) is 0 Å². The second-order valence-corrected chi connectivity index (χ2v) is 6.65. The Morgan fingerprint density at radius 2 is 1.96 bits per heavy atom. The Hall–Kier alpha value is -1.84. The highest BCUT2D eigenvalue weighted by molar-refractivity contribution is 14.0. The number of benzene rings is 1. The minimum Gasteiger partial charge on any atom is -0.357 e. The van der Waals surface area contributed by atoms with Crippen LogP contribution < -0.4 is 16.0 Å². The molecule has 1 saturated heterocycles. The Morgan fingerprint density at radius 1 is 1.21 bits per heavy atom. The normalized spacial score (nSPS) is 13.9. The van der Waals surface area contributed by atoms with Crippen LogP contribution in [0.15, 0.2) is 29.3 Å². The number of guanidine groups is 1. The molecule has 0 radical (unpaired) electrons. The summed E-state index contributed by atoms with van der Waals surface area (Å²) in [6.45, 7) is 7.51. The molecule has 0 aliphatic carbocycles. The lowest BCUT2D eigenvalue weighted by Gasteiger charge is -2.15. The van der Waals surface area contributed by atoms with Gasteiger partial charge in [-0.3, -0.25) is 14.6 Å². The smallest absolute Gasteiger partial charge is 0.222 e. The maximum Gasteiger partial charge on any atom is 0.222 e. The van der Waals surface area contributed by atoms with E-state index in [1.165, 1.54) is 12.5 Å². The predicted octanol–water partition coefficient (Wildman–Crippen LogP) is 2.37. The summed E-state index contributed by atoms with van der Waals surface area (Å²) < 4.78 is 0. The molecule has 1 aromatic rings. The zero-order valence-electron chi connectivity index (χ0n) is 16.8. The highest BCUT2D eigenvalue weighted by Crippen LogP contribution is 2.10. The van der Waals surface area contributed by atoms with Crippen LogP contribution in [-0.4, -0.2) is 55.4 Å². The lowest BCUT2D eigenvalue weighted by Crippen LogP contribution is -2.38. The molecule has 2 rings (SSSR count). The van der Waals surface area contributed by atoms with Crippen LogP contribution >= 0.6 is 24.0 Å². The van der Waals surface area contributed by atoms with Crippen molar-refractivity contribution in [2.45, 2.75) is 39.5 Å². The van der Waals surface area contributed by atoms with Crippen LogP contribution in [0.25, 0.3) is 0 Å². The molecule has 8 heteroatoms. The molecule has 0 spiro atoms. The van der Waals surface area contributed by atoms with Crippen LogP contribution in [0.2, 0.25) is 0 Å². The molecule has 3 N–H and O–H groups in total. The number of amides is 2. The first kappa shape index (κ1) is 24.2. The summed E-state index contributed by atoms with van der Waals surface area (Å²) in [7, 11) is 0. The first-order valence-corrected chi connectivity index (χ1v) is 9.75. The molecule has 0 unspecified atom stereocenters. The SMILES string of the molecule is CCNC(=NCCCN1CCCC1=O)NCCc1ccc(NC(C)=O)cc1.I. The molecule has 1 heterocycles. The quantitative estimate of drug-likeness (QED) is 0.210. The van der Waals surface area contributed by atoms with Crippen LogP contribution in [0, 0.1) is 0 Å². The van der Waals surface area contributed by atoms with Gasteiger partial charge < -0.3 is 20.9 Å². The van der Waals surface area contributed by atoms with Crippen molar-refractivity contribution in [2.75, 3.05) is 38.0 Å². The summed E-state index contributed by atoms with van der Waals surface area (Å²) in [4.78, 5) is 29.2. The van der Waals surface area contributed by atoms with Crippen LogP contribution in [0.4, 0.5) is 5.69 Å². The van der Waals surface area contributed by atoms with Crippen LogP contribution in [0.3, 0.4) is 0 Å². The Balaban J connectivity index is 0.00000392. The van der Waals surface area contributed by atoms with Crippen molar-refractivity contribution in [2.24, 2.45) is 4.99 Å². The van der Waals surface area contributed by atoms with Gasteiger partial charge in [-0.1, -0.05) is 12.1 Å². The molecular formula is C20H32IN5O2. The predicted molar refractivity (Wildman–Crippen MR) is 124 cm³/mol. The first-order valence-electron chi connectivity index (χ1n) is 9.75. The molecular weight excluding hydrogens is 469 g/mol. The maximum absolute atomic E-state index is 11.6. The third kappa shape index (κ3) is 8.90. The summed E-state index contributed by atoms with van der Waals surface area (Å²) in [5, 5.41) is 9.36. The molecule has 2 amide bonds. The van der Waals surface area contributed by atoms with Crippen molar-refractivity contribution in [1.82, 2.24) is 15.5 Å². The van der Waals surface area contributed by atoms with Crippen molar-refractivity contribution in [3.05, 3.63) is 29.8 Å². The number of hydrogen-bond acceptors (Lipinski definition) is 3. The van der Waals surface area contributed by atoms with E-state index in [0.717, 1.165) is 57.1 Å². The van der Waals surface area contributed by atoms with Gasteiger partial charge in [-0.2, -0.15) is 0 Å². The summed E-state index contributed by atoms with van der Waals surface area (Å²) in [6, 6.07) is 7.86. The van der Waals surface area contributed by atoms with E-state index in [9.17, 15) is 9.59 Å². The molecule has 0 bridgehead atoms. The van der Waals surface area contributed by atoms with E-state index in [2.05, 4.69) is 20.9 Å². The lowest BCUT2D eigenvalue weighted by atomic mass is 10.1. The van der Waals surface area contributed by atoms with Crippen molar-refractivity contribution >= 4 is 47.4 Å². The Morgan fingerprint density at radius 3 is 2.57 bits per heavy atom. The summed E-state index contributed by atoms with van der Waals surface area (Å²) >= 11 is 0. The highest BCUT2D eigenvalue weighted by atomic mass is 127. The second-order valence-electron chi connectivity index (χ2n) is 6.65. The lowest BCUT2D eigenvalue weighted by molar-refractivity contribution is -0.127. The van der Waals surface area contributed by atoms with Crippen LogP contribution in [0.5, 0.6) is 0 Å². The van der Waals surface area contributed by atoms with Gasteiger partial charge in [-0.15, -0.1) is 24.0 Å². The standard InChI is InChI=1S/C20H31N5O2.HI/c1-3-21-20(22-12-5-15-25-14-4-6-19(25)27)23-13-11-17-7-9-18(10-8-17)24-16(2)26;/h7-10H,3-6,11-15H2,1-2H3,(H,24,26)(H2,21,22,23);1H. The van der Waals surface area contributed by atoms with E-state index in [0.29, 0.717) is 13.0 Å². The third-order valence-corrected chi connectivity index (χ3v) is 4.35. The largest absolute Gasteiger partial charge is 0.357 e. The number of anilines is 1. The molecule has 1 aliphatic rings. The van der Waals surface area contributed by atoms with Gasteiger partial charge in [0.2, 0.25) is 11.8 Å². The summed E-state index contributed by atoms with van der Waals surface area (Å²) in [5.41, 5.74) is 2.01. The van der Waals surface area contributed by atoms with Crippen molar-refractivity contribution in [1.29, 1.82) is 0 Å². The van der Waals surface area contributed by atoms with E-state index in [-0.39, 0.29) is 35.8 Å². The average molecular weight is 501 g/mol. The zero-order chi connectivity index (χ0) is 19.5. The van der Waals surface area contributed by atoms with Gasteiger partial charge in [-0.25, -0.2) is 0 Å². The Bertz CT molecular complexity index is 649. The fraction of sp³-hybridized carbons (Fsp3) is 0.550. The molecule has 7 nitrogen and oxygen atoms in total. The molecule has 1 fully saturated rings. The molecule has 156 valence electrons. The topological polar surface area (TPSA) is 85.8 Å². The van der Waals surface area contributed by atoms with Gasteiger partial charge in [-0.05, 0) is 43.9 Å². The highest BCUT2D eigenvalue weighted by Gasteiger charge is 2.18. The number of carbonyl (C=O) groups excluding carboxylic acids is 2. The summed E-state index contributed by atoms with van der Waals surface area (Å²) in [5.74, 6) is 1.01. The maximum atomic E-state index is 11.6. The van der Waals surface area contributed by atoms with Gasteiger partial charge >= 0.3 is 0 Å². The Labute approximate surface area is 184 Å². The molecule has 0 aromatic heterocycles. The molecule has 0 saturated carbocycles. The third-order valence-electron chi connectivity index (χ3n) is 4.35. The number of likely N-dealkylation sites (tertiary alicyclic amines) is 1. The first-order chi connectivity index (χ1) is 13.1. The molecule has 1 aliphatic heterocycles. The monoisotopic (exact) mass is 501 g/mol. The van der Waals surface area contributed by atoms with Gasteiger partial charge in [0.25, 0.3) is 0 Å². The van der Waals surface area contributed by atoms with Crippen LogP contribution in [-0.2, 0) is 16.0 Å². The van der Waals surface area contributed by atoms with Gasteiger partial charge in [0.15, 0.2) is 5.96 Å². The van der Waals surface area contributed by atoms with Crippen molar-refractivity contribution < 1.29 is 9.59 Å². The van der Waals surface area contributed by atoms with E-state index >= 15 is 0 Å². The van der Waals surface area contributed by atoms with Crippen molar-refractivity contribution in [3.8, 4) is 0 Å². The fourth-order valence-electron chi connectivity index (χ4n) is 3.02. The average Bonchev–Trinajstić information content (AvgIpc) is 3.04. The van der Waals surface area contributed by atoms with Gasteiger partial charge in [0.05, 0.1) is 0 Å². The number of rotatable bonds is 9. The van der Waals surface area contributed by atoms with E-state index in [1.807, 2.05) is 36.1 Å². The van der Waals surface area contributed by atoms with E-state index in [1.54, 1.807) is 0 Å². The second kappa shape index (κ2) is 13.4. The zero-order valence-corrected chi connectivity index (χ0v) is 19.1. The number of nitrogens with zero attached hydrogens (tertiary/aromatic N) is 2. The molecule has 0 atom stereocenters. The van der Waals surface area contributed by atoms with E-state index < -0.39 is 0 Å². The van der Waals surface area contributed by atoms with Gasteiger partial charge in [0, 0.05) is 51.8 Å². The van der Waals surface area contributed by atoms with Crippen molar-refractivity contribution in [3.63, 3.8) is 0 Å². The number of hydrogen-bond donors (Lipinski definition) is 3.